The number of ether oxygens (including phenoxy) is 1. The van der Waals surface area contributed by atoms with Crippen molar-refractivity contribution in [1.29, 1.82) is 0 Å². The van der Waals surface area contributed by atoms with Crippen LogP contribution in [-0.2, 0) is 4.74 Å². The van der Waals surface area contributed by atoms with Crippen molar-refractivity contribution in [1.82, 2.24) is 4.90 Å². The first-order valence-electron chi connectivity index (χ1n) is 7.66. The molecule has 0 radical (unpaired) electrons. The van der Waals surface area contributed by atoms with Crippen molar-refractivity contribution in [3.63, 3.8) is 0 Å². The molecular formula is C17H16FN3O4. The Bertz CT molecular complexity index is 827. The molecular weight excluding hydrogens is 329 g/mol. The number of nitrogens with zero attached hydrogens (tertiary/aromatic N) is 2. The van der Waals surface area contributed by atoms with Gasteiger partial charge in [-0.05, 0) is 18.2 Å². The first kappa shape index (κ1) is 16.8. The predicted molar refractivity (Wildman–Crippen MR) is 88.5 cm³/mol. The minimum absolute atomic E-state index is 0.00670. The molecule has 130 valence electrons. The molecule has 8 heteroatoms. The van der Waals surface area contributed by atoms with Crippen LogP contribution in [0.15, 0.2) is 42.5 Å². The summed E-state index contributed by atoms with van der Waals surface area (Å²) >= 11 is 0. The first-order valence-corrected chi connectivity index (χ1v) is 7.66. The summed E-state index contributed by atoms with van der Waals surface area (Å²) in [6.07, 6.45) is -0.581. The summed E-state index contributed by atoms with van der Waals surface area (Å²) in [6, 6.07) is 10.2. The molecule has 0 unspecified atom stereocenters. The van der Waals surface area contributed by atoms with Gasteiger partial charge in [0, 0.05) is 23.7 Å². The number of carbonyl (C=O) groups is 1. The van der Waals surface area contributed by atoms with Gasteiger partial charge in [0.2, 0.25) is 0 Å². The second-order valence-electron chi connectivity index (χ2n) is 5.66. The highest BCUT2D eigenvalue weighted by Gasteiger charge is 2.28. The number of hydrogen-bond acceptors (Lipinski definition) is 5. The van der Waals surface area contributed by atoms with Crippen LogP contribution in [0.4, 0.5) is 15.8 Å². The zero-order chi connectivity index (χ0) is 18.0. The molecule has 7 nitrogen and oxygen atoms in total. The molecule has 3 rings (SSSR count). The number of anilines is 1. The van der Waals surface area contributed by atoms with Crippen molar-refractivity contribution in [3.8, 4) is 0 Å². The number of nitrogens with two attached hydrogens (primary N) is 1. The van der Waals surface area contributed by atoms with Gasteiger partial charge in [0.25, 0.3) is 11.6 Å². The van der Waals surface area contributed by atoms with Gasteiger partial charge in [-0.2, -0.15) is 0 Å². The zero-order valence-electron chi connectivity index (χ0n) is 13.2. The Morgan fingerprint density at radius 2 is 2.08 bits per heavy atom. The van der Waals surface area contributed by atoms with Gasteiger partial charge in [-0.1, -0.05) is 18.2 Å². The summed E-state index contributed by atoms with van der Waals surface area (Å²) in [5.41, 5.74) is 5.77. The Morgan fingerprint density at radius 3 is 2.80 bits per heavy atom. The second kappa shape index (κ2) is 6.86. The Kier molecular flexibility index (Phi) is 4.62. The maximum absolute atomic E-state index is 13.9. The summed E-state index contributed by atoms with van der Waals surface area (Å²) in [6.45, 7) is 0.738. The fourth-order valence-electron chi connectivity index (χ4n) is 2.78. The molecule has 1 saturated heterocycles. The third-order valence-electron chi connectivity index (χ3n) is 4.08. The molecule has 1 aliphatic heterocycles. The average Bonchev–Trinajstić information content (AvgIpc) is 2.62. The van der Waals surface area contributed by atoms with Crippen molar-refractivity contribution in [3.05, 3.63) is 69.5 Å². The fourth-order valence-corrected chi connectivity index (χ4v) is 2.78. The van der Waals surface area contributed by atoms with Crippen molar-refractivity contribution >= 4 is 17.3 Å². The van der Waals surface area contributed by atoms with E-state index in [4.69, 9.17) is 10.5 Å². The third-order valence-corrected chi connectivity index (χ3v) is 4.08. The van der Waals surface area contributed by atoms with Crippen LogP contribution >= 0.6 is 0 Å². The lowest BCUT2D eigenvalue weighted by molar-refractivity contribution is -0.383. The Balaban J connectivity index is 1.82. The lowest BCUT2D eigenvalue weighted by Crippen LogP contribution is -2.42. The van der Waals surface area contributed by atoms with E-state index in [0.29, 0.717) is 12.1 Å². The van der Waals surface area contributed by atoms with E-state index in [1.165, 1.54) is 23.1 Å². The summed E-state index contributed by atoms with van der Waals surface area (Å²) in [4.78, 5) is 24.5. The van der Waals surface area contributed by atoms with Crippen LogP contribution in [0, 0.1) is 15.9 Å². The van der Waals surface area contributed by atoms with E-state index < -0.39 is 16.8 Å². The zero-order valence-corrected chi connectivity index (χ0v) is 13.2. The Morgan fingerprint density at radius 1 is 1.32 bits per heavy atom. The smallest absolute Gasteiger partial charge is 0.292 e. The van der Waals surface area contributed by atoms with Crippen LogP contribution in [0.1, 0.15) is 22.0 Å². The third kappa shape index (κ3) is 3.43. The SMILES string of the molecule is Nc1ccc(C(=O)N2CCO[C@@H](c3ccccc3F)C2)cc1[N+](=O)[O-]. The monoisotopic (exact) mass is 345 g/mol. The van der Waals surface area contributed by atoms with Crippen molar-refractivity contribution in [2.24, 2.45) is 0 Å². The molecule has 2 N–H and O–H groups in total. The molecule has 0 spiro atoms. The molecule has 2 aromatic carbocycles. The maximum Gasteiger partial charge on any atom is 0.292 e. The van der Waals surface area contributed by atoms with Crippen molar-refractivity contribution in [2.45, 2.75) is 6.10 Å². The number of morpholine rings is 1. The number of nitrogen functional groups attached to an aromatic ring is 1. The van der Waals surface area contributed by atoms with Gasteiger partial charge in [-0.25, -0.2) is 4.39 Å². The summed E-state index contributed by atoms with van der Waals surface area (Å²) in [5.74, 6) is -0.780. The summed E-state index contributed by atoms with van der Waals surface area (Å²) in [5, 5.41) is 11.0. The highest BCUT2D eigenvalue weighted by molar-refractivity contribution is 5.95. The lowest BCUT2D eigenvalue weighted by atomic mass is 10.1. The number of nitro benzene ring substituents is 1. The normalized spacial score (nSPS) is 17.3. The van der Waals surface area contributed by atoms with Crippen molar-refractivity contribution in [2.75, 3.05) is 25.4 Å². The van der Waals surface area contributed by atoms with Gasteiger partial charge in [-0.15, -0.1) is 0 Å². The van der Waals surface area contributed by atoms with E-state index >= 15 is 0 Å². The van der Waals surface area contributed by atoms with Gasteiger partial charge in [0.05, 0.1) is 18.1 Å². The highest BCUT2D eigenvalue weighted by Crippen LogP contribution is 2.27. The number of amides is 1. The Hall–Kier alpha value is -3.00. The molecule has 0 aliphatic carbocycles. The van der Waals surface area contributed by atoms with Crippen LogP contribution < -0.4 is 5.73 Å². The maximum atomic E-state index is 13.9. The van der Waals surface area contributed by atoms with Gasteiger partial charge in [0.15, 0.2) is 0 Å². The van der Waals surface area contributed by atoms with Crippen LogP contribution in [-0.4, -0.2) is 35.4 Å². The predicted octanol–water partition coefficient (Wildman–Crippen LogP) is 2.53. The molecule has 0 aromatic heterocycles. The van der Waals surface area contributed by atoms with E-state index in [2.05, 4.69) is 0 Å². The second-order valence-corrected chi connectivity index (χ2v) is 5.66. The summed E-state index contributed by atoms with van der Waals surface area (Å²) in [7, 11) is 0. The minimum Gasteiger partial charge on any atom is -0.393 e. The first-order chi connectivity index (χ1) is 12.0. The molecule has 1 aliphatic rings. The quantitative estimate of drug-likeness (QED) is 0.523. The van der Waals surface area contributed by atoms with Crippen LogP contribution in [0.3, 0.4) is 0 Å². The fraction of sp³-hybridized carbons (Fsp3) is 0.235. The van der Waals surface area contributed by atoms with Gasteiger partial charge in [-0.3, -0.25) is 14.9 Å². The van der Waals surface area contributed by atoms with Crippen LogP contribution in [0.25, 0.3) is 0 Å². The van der Waals surface area contributed by atoms with Crippen molar-refractivity contribution < 1.29 is 18.8 Å². The number of benzene rings is 2. The number of nitro groups is 1. The van der Waals surface area contributed by atoms with Gasteiger partial charge >= 0.3 is 0 Å². The molecule has 0 bridgehead atoms. The number of halogens is 1. The van der Waals surface area contributed by atoms with Gasteiger partial charge in [0.1, 0.15) is 17.6 Å². The molecule has 2 aromatic rings. The van der Waals surface area contributed by atoms with Crippen LogP contribution in [0.5, 0.6) is 0 Å². The van der Waals surface area contributed by atoms with E-state index in [-0.39, 0.29) is 36.0 Å². The summed E-state index contributed by atoms with van der Waals surface area (Å²) < 4.78 is 19.5. The highest BCUT2D eigenvalue weighted by atomic mass is 19.1. The molecule has 1 amide bonds. The topological polar surface area (TPSA) is 98.7 Å². The number of carbonyl (C=O) groups excluding carboxylic acids is 1. The molecule has 1 fully saturated rings. The number of hydrogen-bond donors (Lipinski definition) is 1. The largest absolute Gasteiger partial charge is 0.393 e. The number of rotatable bonds is 3. The molecule has 0 saturated carbocycles. The van der Waals surface area contributed by atoms with E-state index in [9.17, 15) is 19.3 Å². The average molecular weight is 345 g/mol. The van der Waals surface area contributed by atoms with E-state index in [1.807, 2.05) is 0 Å². The lowest BCUT2D eigenvalue weighted by Gasteiger charge is -2.33. The standard InChI is InChI=1S/C17H16FN3O4/c18-13-4-2-1-3-12(13)16-10-20(7-8-25-16)17(22)11-5-6-14(19)15(9-11)21(23)24/h1-6,9,16H,7-8,10,19H2/t16-/m1/s1. The molecule has 1 atom stereocenters. The van der Waals surface area contributed by atoms with Gasteiger partial charge < -0.3 is 15.4 Å². The minimum atomic E-state index is -0.631. The van der Waals surface area contributed by atoms with Crippen LogP contribution in [0.2, 0.25) is 0 Å². The van der Waals surface area contributed by atoms with E-state index in [1.54, 1.807) is 18.2 Å². The molecule has 1 heterocycles. The molecule has 25 heavy (non-hydrogen) atoms. The van der Waals surface area contributed by atoms with E-state index in [0.717, 1.165) is 6.07 Å². The Labute approximate surface area is 143 Å².